The average Bonchev–Trinajstić information content (AvgIpc) is 3.00. The van der Waals surface area contributed by atoms with Crippen LogP contribution in [-0.2, 0) is 11.2 Å². The quantitative estimate of drug-likeness (QED) is 0.611. The van der Waals surface area contributed by atoms with Crippen LogP contribution in [0.4, 0.5) is 0 Å². The van der Waals surface area contributed by atoms with Crippen molar-refractivity contribution in [3.05, 3.63) is 50.9 Å². The van der Waals surface area contributed by atoms with Gasteiger partial charge in [0, 0.05) is 24.8 Å². The SMILES string of the molecule is COc1ccccc1OCCN(C)C(=O)CCc1nc2sc(C)c(C)c2c(=O)[nH]1. The van der Waals surface area contributed by atoms with Crippen molar-refractivity contribution < 1.29 is 14.3 Å². The van der Waals surface area contributed by atoms with Crippen molar-refractivity contribution >= 4 is 27.5 Å². The number of aryl methyl sites for hydroxylation is 3. The van der Waals surface area contributed by atoms with E-state index in [0.717, 1.165) is 15.3 Å². The maximum atomic E-state index is 12.4. The highest BCUT2D eigenvalue weighted by Crippen LogP contribution is 2.26. The lowest BCUT2D eigenvalue weighted by Gasteiger charge is -2.18. The van der Waals surface area contributed by atoms with E-state index in [4.69, 9.17) is 9.47 Å². The van der Waals surface area contributed by atoms with Crippen molar-refractivity contribution in [1.29, 1.82) is 0 Å². The molecule has 1 amide bonds. The molecule has 0 unspecified atom stereocenters. The van der Waals surface area contributed by atoms with Gasteiger partial charge in [0.05, 0.1) is 19.0 Å². The molecule has 2 heterocycles. The number of carbonyl (C=O) groups is 1. The van der Waals surface area contributed by atoms with Gasteiger partial charge < -0.3 is 19.4 Å². The van der Waals surface area contributed by atoms with Crippen LogP contribution in [0.15, 0.2) is 29.1 Å². The first-order valence-corrected chi connectivity index (χ1v) is 10.2. The largest absolute Gasteiger partial charge is 0.493 e. The Morgan fingerprint density at radius 2 is 1.97 bits per heavy atom. The lowest BCUT2D eigenvalue weighted by molar-refractivity contribution is -0.130. The molecule has 3 rings (SSSR count). The highest BCUT2D eigenvalue weighted by atomic mass is 32.1. The number of amides is 1. The second-order valence-electron chi connectivity index (χ2n) is 6.79. The monoisotopic (exact) mass is 415 g/mol. The molecular formula is C21H25N3O4S. The van der Waals surface area contributed by atoms with E-state index in [1.807, 2.05) is 38.1 Å². The number of para-hydroxylation sites is 2. The van der Waals surface area contributed by atoms with Crippen LogP contribution < -0.4 is 15.0 Å². The molecule has 0 atom stereocenters. The highest BCUT2D eigenvalue weighted by molar-refractivity contribution is 7.18. The summed E-state index contributed by atoms with van der Waals surface area (Å²) in [5.41, 5.74) is 0.828. The molecule has 0 bridgehead atoms. The number of nitrogens with zero attached hydrogens (tertiary/aromatic N) is 2. The summed E-state index contributed by atoms with van der Waals surface area (Å²) in [6, 6.07) is 7.39. The van der Waals surface area contributed by atoms with E-state index in [-0.39, 0.29) is 17.9 Å². The third-order valence-electron chi connectivity index (χ3n) is 4.84. The Morgan fingerprint density at radius 3 is 2.69 bits per heavy atom. The number of fused-ring (bicyclic) bond motifs is 1. The molecule has 2 aromatic heterocycles. The fraction of sp³-hybridized carbons (Fsp3) is 0.381. The molecule has 0 saturated heterocycles. The molecule has 0 radical (unpaired) electrons. The highest BCUT2D eigenvalue weighted by Gasteiger charge is 2.14. The summed E-state index contributed by atoms with van der Waals surface area (Å²) in [5.74, 6) is 1.81. The number of ether oxygens (including phenoxy) is 2. The number of methoxy groups -OCH3 is 1. The van der Waals surface area contributed by atoms with Gasteiger partial charge in [0.2, 0.25) is 5.91 Å². The van der Waals surface area contributed by atoms with Gasteiger partial charge in [-0.05, 0) is 31.5 Å². The van der Waals surface area contributed by atoms with E-state index in [1.54, 1.807) is 19.1 Å². The number of nitrogens with one attached hydrogen (secondary N) is 1. The standard InChI is InChI=1S/C21H25N3O4S/c1-13-14(2)29-21-19(13)20(26)22-17(23-21)9-10-18(25)24(3)11-12-28-16-8-6-5-7-15(16)27-4/h5-8H,9-12H2,1-4H3,(H,22,23,26). The first-order chi connectivity index (χ1) is 13.9. The van der Waals surface area contributed by atoms with Crippen LogP contribution in [0.1, 0.15) is 22.7 Å². The Hall–Kier alpha value is -2.87. The van der Waals surface area contributed by atoms with Crippen LogP contribution in [0.25, 0.3) is 10.2 Å². The Kier molecular flexibility index (Phi) is 6.53. The third kappa shape index (κ3) is 4.76. The number of carbonyl (C=O) groups excluding carboxylic acids is 1. The van der Waals surface area contributed by atoms with Crippen molar-refractivity contribution in [2.45, 2.75) is 26.7 Å². The van der Waals surface area contributed by atoms with Gasteiger partial charge in [0.1, 0.15) is 17.3 Å². The summed E-state index contributed by atoms with van der Waals surface area (Å²) < 4.78 is 11.0. The fourth-order valence-electron chi connectivity index (χ4n) is 2.99. The molecule has 0 saturated carbocycles. The zero-order valence-electron chi connectivity index (χ0n) is 17.1. The minimum Gasteiger partial charge on any atom is -0.493 e. The topological polar surface area (TPSA) is 84.5 Å². The second kappa shape index (κ2) is 9.09. The van der Waals surface area contributed by atoms with E-state index in [0.29, 0.717) is 42.3 Å². The van der Waals surface area contributed by atoms with Crippen LogP contribution in [-0.4, -0.2) is 48.1 Å². The number of aromatic nitrogens is 2. The first kappa shape index (κ1) is 20.9. The van der Waals surface area contributed by atoms with Crippen LogP contribution >= 0.6 is 11.3 Å². The molecule has 0 aliphatic rings. The number of likely N-dealkylation sites (N-methyl/N-ethyl adjacent to an activating group) is 1. The minimum atomic E-state index is -0.141. The van der Waals surface area contributed by atoms with Gasteiger partial charge in [-0.2, -0.15) is 0 Å². The summed E-state index contributed by atoms with van der Waals surface area (Å²) in [5, 5.41) is 0.646. The second-order valence-corrected chi connectivity index (χ2v) is 7.99. The Morgan fingerprint density at radius 1 is 1.24 bits per heavy atom. The number of H-pyrrole nitrogens is 1. The molecule has 0 fully saturated rings. The normalized spacial score (nSPS) is 10.9. The van der Waals surface area contributed by atoms with Gasteiger partial charge in [0.15, 0.2) is 11.5 Å². The number of benzene rings is 1. The molecule has 3 aromatic rings. The predicted molar refractivity (Wildman–Crippen MR) is 114 cm³/mol. The van der Waals surface area contributed by atoms with E-state index in [9.17, 15) is 9.59 Å². The van der Waals surface area contributed by atoms with Crippen molar-refractivity contribution in [3.63, 3.8) is 0 Å². The van der Waals surface area contributed by atoms with Crippen LogP contribution in [0.5, 0.6) is 11.5 Å². The maximum Gasteiger partial charge on any atom is 0.259 e. The molecule has 0 spiro atoms. The Labute approximate surface area is 173 Å². The zero-order valence-corrected chi connectivity index (χ0v) is 17.9. The van der Waals surface area contributed by atoms with E-state index in [1.165, 1.54) is 11.3 Å². The Bertz CT molecular complexity index is 1070. The number of rotatable bonds is 8. The third-order valence-corrected chi connectivity index (χ3v) is 5.94. The number of hydrogen-bond acceptors (Lipinski definition) is 6. The first-order valence-electron chi connectivity index (χ1n) is 9.39. The van der Waals surface area contributed by atoms with Gasteiger partial charge in [-0.3, -0.25) is 9.59 Å². The molecule has 1 aromatic carbocycles. The average molecular weight is 416 g/mol. The van der Waals surface area contributed by atoms with E-state index in [2.05, 4.69) is 9.97 Å². The van der Waals surface area contributed by atoms with Gasteiger partial charge in [-0.1, -0.05) is 12.1 Å². The number of hydrogen-bond donors (Lipinski definition) is 1. The summed E-state index contributed by atoms with van der Waals surface area (Å²) >= 11 is 1.51. The lowest BCUT2D eigenvalue weighted by Crippen LogP contribution is -2.31. The van der Waals surface area contributed by atoms with Gasteiger partial charge >= 0.3 is 0 Å². The van der Waals surface area contributed by atoms with Gasteiger partial charge in [0.25, 0.3) is 5.56 Å². The predicted octanol–water partition coefficient (Wildman–Crippen LogP) is 3.08. The molecule has 0 aliphatic heterocycles. The molecule has 8 heteroatoms. The fourth-order valence-corrected chi connectivity index (χ4v) is 4.04. The van der Waals surface area contributed by atoms with Gasteiger partial charge in [-0.15, -0.1) is 11.3 Å². The molecule has 1 N–H and O–H groups in total. The van der Waals surface area contributed by atoms with Crippen LogP contribution in [0.2, 0.25) is 0 Å². The van der Waals surface area contributed by atoms with Crippen molar-refractivity contribution in [2.24, 2.45) is 0 Å². The molecular weight excluding hydrogens is 390 g/mol. The summed E-state index contributed by atoms with van der Waals surface area (Å²) in [4.78, 5) is 35.5. The van der Waals surface area contributed by atoms with Crippen molar-refractivity contribution in [1.82, 2.24) is 14.9 Å². The zero-order chi connectivity index (χ0) is 21.0. The van der Waals surface area contributed by atoms with E-state index >= 15 is 0 Å². The van der Waals surface area contributed by atoms with Gasteiger partial charge in [-0.25, -0.2) is 4.98 Å². The molecule has 154 valence electrons. The number of aromatic amines is 1. The molecule has 0 aliphatic carbocycles. The smallest absolute Gasteiger partial charge is 0.259 e. The van der Waals surface area contributed by atoms with Crippen molar-refractivity contribution in [2.75, 3.05) is 27.3 Å². The van der Waals surface area contributed by atoms with Crippen LogP contribution in [0, 0.1) is 13.8 Å². The summed E-state index contributed by atoms with van der Waals surface area (Å²) in [7, 11) is 3.33. The van der Waals surface area contributed by atoms with Crippen LogP contribution in [0.3, 0.4) is 0 Å². The molecule has 29 heavy (non-hydrogen) atoms. The van der Waals surface area contributed by atoms with Crippen molar-refractivity contribution in [3.8, 4) is 11.5 Å². The maximum absolute atomic E-state index is 12.4. The molecule has 7 nitrogen and oxygen atoms in total. The lowest BCUT2D eigenvalue weighted by atomic mass is 10.2. The summed E-state index contributed by atoms with van der Waals surface area (Å²) in [6.45, 7) is 4.71. The minimum absolute atomic E-state index is 0.0325. The summed E-state index contributed by atoms with van der Waals surface area (Å²) in [6.07, 6.45) is 0.653. The number of thiophene rings is 1. The Balaban J connectivity index is 1.53. The van der Waals surface area contributed by atoms with E-state index < -0.39 is 0 Å².